The fourth-order valence-electron chi connectivity index (χ4n) is 1.92. The van der Waals surface area contributed by atoms with E-state index in [4.69, 9.17) is 0 Å². The smallest absolute Gasteiger partial charge is 0.129 e. The van der Waals surface area contributed by atoms with Gasteiger partial charge in [0.25, 0.3) is 0 Å². The van der Waals surface area contributed by atoms with Gasteiger partial charge in [0.2, 0.25) is 0 Å². The number of carbonyl (C=O) groups is 1. The van der Waals surface area contributed by atoms with E-state index in [9.17, 15) is 9.90 Å². The quantitative estimate of drug-likeness (QED) is 0.764. The highest BCUT2D eigenvalue weighted by Gasteiger charge is 2.21. The third-order valence-electron chi connectivity index (χ3n) is 2.96. The normalized spacial score (nSPS) is 14.1. The van der Waals surface area contributed by atoms with Gasteiger partial charge in [0, 0.05) is 12.3 Å². The molecule has 2 nitrogen and oxygen atoms in total. The average molecular weight is 232 g/mol. The zero-order valence-corrected chi connectivity index (χ0v) is 10.5. The minimum atomic E-state index is -0.576. The first-order chi connectivity index (χ1) is 8.02. The van der Waals surface area contributed by atoms with E-state index in [1.54, 1.807) is 6.92 Å². The number of benzene rings is 1. The molecule has 2 atom stereocenters. The molecule has 0 bridgehead atoms. The average Bonchev–Trinajstić information content (AvgIpc) is 2.29. The Morgan fingerprint density at radius 1 is 1.29 bits per heavy atom. The van der Waals surface area contributed by atoms with Gasteiger partial charge in [-0.15, -0.1) is 0 Å². The number of hydrogen-bond donors (Lipinski definition) is 1. The summed E-state index contributed by atoms with van der Waals surface area (Å²) in [6.45, 7) is 7.38. The van der Waals surface area contributed by atoms with Crippen molar-refractivity contribution in [3.8, 4) is 0 Å². The van der Waals surface area contributed by atoms with E-state index in [-0.39, 0.29) is 11.7 Å². The van der Waals surface area contributed by atoms with Gasteiger partial charge in [0.1, 0.15) is 5.78 Å². The predicted octanol–water partition coefficient (Wildman–Crippen LogP) is 3.28. The van der Waals surface area contributed by atoms with Gasteiger partial charge in [-0.1, -0.05) is 42.5 Å². The van der Waals surface area contributed by atoms with Crippen LogP contribution < -0.4 is 0 Å². The Labute approximate surface area is 103 Å². The summed E-state index contributed by atoms with van der Waals surface area (Å²) in [6, 6.07) is 9.52. The number of Topliss-reactive ketones (excluding diaryl/α,β-unsaturated/α-hetero) is 1. The number of rotatable bonds is 6. The highest BCUT2D eigenvalue weighted by Crippen LogP contribution is 2.30. The molecule has 0 aliphatic carbocycles. The van der Waals surface area contributed by atoms with Crippen molar-refractivity contribution in [3.05, 3.63) is 48.0 Å². The van der Waals surface area contributed by atoms with Gasteiger partial charge in [-0.25, -0.2) is 0 Å². The first-order valence-electron chi connectivity index (χ1n) is 5.90. The van der Waals surface area contributed by atoms with Gasteiger partial charge in [-0.05, 0) is 25.8 Å². The van der Waals surface area contributed by atoms with Crippen molar-refractivity contribution >= 4 is 5.78 Å². The number of aliphatic hydroxyl groups excluding tert-OH is 1. The highest BCUT2D eigenvalue weighted by atomic mass is 16.3. The first kappa shape index (κ1) is 13.7. The molecule has 1 N–H and O–H groups in total. The molecule has 0 amide bonds. The summed E-state index contributed by atoms with van der Waals surface area (Å²) >= 11 is 0. The molecule has 1 aromatic carbocycles. The molecule has 0 heterocycles. The van der Waals surface area contributed by atoms with E-state index >= 15 is 0 Å². The molecule has 0 saturated carbocycles. The lowest BCUT2D eigenvalue weighted by Gasteiger charge is -2.23. The number of aliphatic hydroxyl groups is 1. The van der Waals surface area contributed by atoms with Gasteiger partial charge < -0.3 is 9.90 Å². The molecule has 92 valence electrons. The molecule has 0 aliphatic heterocycles. The van der Waals surface area contributed by atoms with E-state index in [1.165, 1.54) is 0 Å². The van der Waals surface area contributed by atoms with Gasteiger partial charge in [0.15, 0.2) is 0 Å². The molecule has 2 heteroatoms. The molecule has 0 aliphatic rings. The van der Waals surface area contributed by atoms with Crippen molar-refractivity contribution in [1.29, 1.82) is 0 Å². The summed E-state index contributed by atoms with van der Waals surface area (Å²) in [7, 11) is 0. The minimum absolute atomic E-state index is 0.0544. The summed E-state index contributed by atoms with van der Waals surface area (Å²) in [5.41, 5.74) is 1.80. The second-order valence-electron chi connectivity index (χ2n) is 4.55. The van der Waals surface area contributed by atoms with Gasteiger partial charge in [-0.3, -0.25) is 0 Å². The molecular weight excluding hydrogens is 212 g/mol. The second-order valence-corrected chi connectivity index (χ2v) is 4.55. The monoisotopic (exact) mass is 232 g/mol. The molecule has 2 unspecified atom stereocenters. The van der Waals surface area contributed by atoms with Crippen molar-refractivity contribution in [2.24, 2.45) is 5.92 Å². The summed E-state index contributed by atoms with van der Waals surface area (Å²) in [4.78, 5) is 11.0. The Balaban J connectivity index is 2.77. The van der Waals surface area contributed by atoms with Crippen molar-refractivity contribution in [1.82, 2.24) is 0 Å². The maximum absolute atomic E-state index is 11.0. The van der Waals surface area contributed by atoms with Crippen LogP contribution in [0.4, 0.5) is 0 Å². The number of ketones is 1. The summed E-state index contributed by atoms with van der Waals surface area (Å²) in [5, 5.41) is 10.3. The van der Waals surface area contributed by atoms with Crippen LogP contribution in [0.15, 0.2) is 42.5 Å². The van der Waals surface area contributed by atoms with Crippen molar-refractivity contribution < 1.29 is 9.90 Å². The topological polar surface area (TPSA) is 37.3 Å². The Morgan fingerprint density at radius 2 is 1.88 bits per heavy atom. The van der Waals surface area contributed by atoms with Crippen LogP contribution in [0.25, 0.3) is 0 Å². The first-order valence-corrected chi connectivity index (χ1v) is 5.90. The zero-order valence-electron chi connectivity index (χ0n) is 10.5. The van der Waals surface area contributed by atoms with Crippen molar-refractivity contribution in [3.63, 3.8) is 0 Å². The van der Waals surface area contributed by atoms with E-state index in [0.717, 1.165) is 11.1 Å². The van der Waals surface area contributed by atoms with Crippen LogP contribution in [-0.2, 0) is 4.79 Å². The van der Waals surface area contributed by atoms with Crippen LogP contribution >= 0.6 is 0 Å². The summed E-state index contributed by atoms with van der Waals surface area (Å²) in [6.07, 6.45) is 0.565. The lowest BCUT2D eigenvalue weighted by atomic mass is 9.86. The van der Waals surface area contributed by atoms with Crippen molar-refractivity contribution in [2.75, 3.05) is 0 Å². The van der Waals surface area contributed by atoms with Crippen LogP contribution in [0, 0.1) is 5.92 Å². The van der Waals surface area contributed by atoms with Crippen LogP contribution in [0.2, 0.25) is 0 Å². The molecule has 0 radical (unpaired) electrons. The van der Waals surface area contributed by atoms with E-state index < -0.39 is 6.10 Å². The van der Waals surface area contributed by atoms with Gasteiger partial charge in [0.05, 0.1) is 6.10 Å². The molecular formula is C15H20O2. The number of carbonyl (C=O) groups excluding carboxylic acids is 1. The van der Waals surface area contributed by atoms with Gasteiger partial charge in [-0.2, -0.15) is 0 Å². The SMILES string of the molecule is C=C(C)C(CCC(C)=O)C(O)c1ccccc1. The molecule has 0 aromatic heterocycles. The molecule has 0 spiro atoms. The zero-order chi connectivity index (χ0) is 12.8. The predicted molar refractivity (Wildman–Crippen MR) is 69.6 cm³/mol. The molecule has 0 fully saturated rings. The Bertz CT molecular complexity index is 381. The lowest BCUT2D eigenvalue weighted by molar-refractivity contribution is -0.117. The van der Waals surface area contributed by atoms with Crippen LogP contribution in [0.1, 0.15) is 38.4 Å². The second kappa shape index (κ2) is 6.36. The summed E-state index contributed by atoms with van der Waals surface area (Å²) < 4.78 is 0. The van der Waals surface area contributed by atoms with Crippen LogP contribution in [0.5, 0.6) is 0 Å². The van der Waals surface area contributed by atoms with Gasteiger partial charge >= 0.3 is 0 Å². The largest absolute Gasteiger partial charge is 0.388 e. The molecule has 1 rings (SSSR count). The molecule has 1 aromatic rings. The lowest BCUT2D eigenvalue weighted by Crippen LogP contribution is -2.14. The van der Waals surface area contributed by atoms with Crippen LogP contribution in [0.3, 0.4) is 0 Å². The van der Waals surface area contributed by atoms with Crippen LogP contribution in [-0.4, -0.2) is 10.9 Å². The summed E-state index contributed by atoms with van der Waals surface area (Å²) in [5.74, 6) is 0.0952. The maximum atomic E-state index is 11.0. The van der Waals surface area contributed by atoms with E-state index in [2.05, 4.69) is 6.58 Å². The third-order valence-corrected chi connectivity index (χ3v) is 2.96. The Hall–Kier alpha value is -1.41. The Kier molecular flexibility index (Phi) is 5.11. The third kappa shape index (κ3) is 4.16. The minimum Gasteiger partial charge on any atom is -0.388 e. The standard InChI is InChI=1S/C15H20O2/c1-11(2)14(10-9-12(3)16)15(17)13-7-5-4-6-8-13/h4-8,14-15,17H,1,9-10H2,2-3H3. The van der Waals surface area contributed by atoms with E-state index in [1.807, 2.05) is 37.3 Å². The molecule has 17 heavy (non-hydrogen) atoms. The molecule has 0 saturated heterocycles. The fraction of sp³-hybridized carbons (Fsp3) is 0.400. The maximum Gasteiger partial charge on any atom is 0.129 e. The van der Waals surface area contributed by atoms with E-state index in [0.29, 0.717) is 12.8 Å². The highest BCUT2D eigenvalue weighted by molar-refractivity contribution is 5.75. The Morgan fingerprint density at radius 3 is 2.35 bits per heavy atom. The van der Waals surface area contributed by atoms with Crippen molar-refractivity contribution in [2.45, 2.75) is 32.8 Å². The number of hydrogen-bond acceptors (Lipinski definition) is 2. The fourth-order valence-corrected chi connectivity index (χ4v) is 1.92.